The van der Waals surface area contributed by atoms with Crippen molar-refractivity contribution in [1.29, 1.82) is 0 Å². The van der Waals surface area contributed by atoms with Crippen LogP contribution in [0.5, 0.6) is 0 Å². The number of rotatable bonds is 5. The zero-order valence-electron chi connectivity index (χ0n) is 12.1. The summed E-state index contributed by atoms with van der Waals surface area (Å²) in [5, 5.41) is 6.10. The van der Waals surface area contributed by atoms with Crippen LogP contribution in [0.25, 0.3) is 11.0 Å². The van der Waals surface area contributed by atoms with Crippen molar-refractivity contribution >= 4 is 46.1 Å². The first-order chi connectivity index (χ1) is 10.3. The van der Waals surface area contributed by atoms with Gasteiger partial charge in [-0.05, 0) is 37.2 Å². The third-order valence-corrected chi connectivity index (χ3v) is 6.73. The Morgan fingerprint density at radius 1 is 1.38 bits per heavy atom. The van der Waals surface area contributed by atoms with Gasteiger partial charge in [-0.1, -0.05) is 18.5 Å². The van der Waals surface area contributed by atoms with Gasteiger partial charge in [0.25, 0.3) is 0 Å². The van der Waals surface area contributed by atoms with Crippen LogP contribution in [0, 0.1) is 0 Å². The Hall–Kier alpha value is -0.290. The molecule has 0 aliphatic carbocycles. The Morgan fingerprint density at radius 3 is 3.05 bits per heavy atom. The molecule has 2 atom stereocenters. The van der Waals surface area contributed by atoms with Crippen LogP contribution in [0.1, 0.15) is 25.1 Å². The van der Waals surface area contributed by atoms with Crippen LogP contribution in [0.2, 0.25) is 5.02 Å². The lowest BCUT2D eigenvalue weighted by molar-refractivity contribution is 0.429. The van der Waals surface area contributed by atoms with Crippen LogP contribution < -0.4 is 5.32 Å². The number of hydrogen-bond donors (Lipinski definition) is 1. The summed E-state index contributed by atoms with van der Waals surface area (Å²) >= 11 is 10.2. The predicted octanol–water partition coefficient (Wildman–Crippen LogP) is 4.98. The molecular weight excluding hydrogens is 322 g/mol. The SMILES string of the molecule is CCCNC(c1cc2cc(Cl)ccc2o1)C1CSCCS1. The van der Waals surface area contributed by atoms with Gasteiger partial charge in [0.1, 0.15) is 11.3 Å². The van der Waals surface area contributed by atoms with Gasteiger partial charge in [-0.3, -0.25) is 0 Å². The van der Waals surface area contributed by atoms with E-state index in [0.29, 0.717) is 5.25 Å². The van der Waals surface area contributed by atoms with Gasteiger partial charge in [0.2, 0.25) is 0 Å². The van der Waals surface area contributed by atoms with E-state index in [1.165, 1.54) is 17.3 Å². The molecule has 1 saturated heterocycles. The lowest BCUT2D eigenvalue weighted by atomic mass is 10.1. The van der Waals surface area contributed by atoms with Crippen molar-refractivity contribution in [2.75, 3.05) is 23.8 Å². The average molecular weight is 342 g/mol. The van der Waals surface area contributed by atoms with Gasteiger partial charge in [0.15, 0.2) is 0 Å². The van der Waals surface area contributed by atoms with Crippen LogP contribution in [-0.4, -0.2) is 29.1 Å². The zero-order valence-corrected chi connectivity index (χ0v) is 14.5. The van der Waals surface area contributed by atoms with E-state index in [1.54, 1.807) is 0 Å². The molecule has 1 aliphatic heterocycles. The molecule has 0 radical (unpaired) electrons. The predicted molar refractivity (Wildman–Crippen MR) is 95.8 cm³/mol. The fourth-order valence-electron chi connectivity index (χ4n) is 2.60. The number of hydrogen-bond acceptors (Lipinski definition) is 4. The molecule has 114 valence electrons. The van der Waals surface area contributed by atoms with Crippen molar-refractivity contribution in [3.05, 3.63) is 35.0 Å². The van der Waals surface area contributed by atoms with Crippen molar-refractivity contribution < 1.29 is 4.42 Å². The van der Waals surface area contributed by atoms with Gasteiger partial charge in [-0.2, -0.15) is 23.5 Å². The van der Waals surface area contributed by atoms with E-state index in [-0.39, 0.29) is 6.04 Å². The van der Waals surface area contributed by atoms with Gasteiger partial charge in [-0.15, -0.1) is 0 Å². The Morgan fingerprint density at radius 2 is 2.29 bits per heavy atom. The van der Waals surface area contributed by atoms with E-state index >= 15 is 0 Å². The van der Waals surface area contributed by atoms with Gasteiger partial charge >= 0.3 is 0 Å². The third kappa shape index (κ3) is 3.73. The van der Waals surface area contributed by atoms with E-state index in [0.717, 1.165) is 34.7 Å². The van der Waals surface area contributed by atoms with Gasteiger partial charge < -0.3 is 9.73 Å². The first-order valence-corrected chi connectivity index (χ1v) is 9.98. The average Bonchev–Trinajstić information content (AvgIpc) is 2.91. The molecule has 1 aromatic heterocycles. The van der Waals surface area contributed by atoms with Crippen molar-refractivity contribution in [2.45, 2.75) is 24.6 Å². The fraction of sp³-hybridized carbons (Fsp3) is 0.500. The van der Waals surface area contributed by atoms with Crippen molar-refractivity contribution in [1.82, 2.24) is 5.32 Å². The minimum absolute atomic E-state index is 0.286. The Balaban J connectivity index is 1.88. The minimum Gasteiger partial charge on any atom is -0.459 e. The highest BCUT2D eigenvalue weighted by atomic mass is 35.5. The molecule has 1 fully saturated rings. The molecule has 2 aromatic rings. The molecular formula is C16H20ClNOS2. The first-order valence-electron chi connectivity index (χ1n) is 7.39. The molecule has 2 nitrogen and oxygen atoms in total. The molecule has 1 N–H and O–H groups in total. The Labute approximate surface area is 139 Å². The highest BCUT2D eigenvalue weighted by Crippen LogP contribution is 2.36. The lowest BCUT2D eigenvalue weighted by Gasteiger charge is -2.29. The van der Waals surface area contributed by atoms with Crippen LogP contribution in [-0.2, 0) is 0 Å². The summed E-state index contributed by atoms with van der Waals surface area (Å²) in [4.78, 5) is 0. The largest absolute Gasteiger partial charge is 0.459 e. The standard InChI is InChI=1S/C16H20ClNOS2/c1-2-5-18-16(15-10-20-6-7-21-15)14-9-11-8-12(17)3-4-13(11)19-14/h3-4,8-9,15-16,18H,2,5-7,10H2,1H3. The monoisotopic (exact) mass is 341 g/mol. The quantitative estimate of drug-likeness (QED) is 0.829. The molecule has 21 heavy (non-hydrogen) atoms. The molecule has 0 bridgehead atoms. The fourth-order valence-corrected chi connectivity index (χ4v) is 5.63. The molecule has 2 heterocycles. The number of thioether (sulfide) groups is 2. The second kappa shape index (κ2) is 7.32. The Kier molecular flexibility index (Phi) is 5.43. The summed E-state index contributed by atoms with van der Waals surface area (Å²) in [6.07, 6.45) is 1.13. The maximum Gasteiger partial charge on any atom is 0.134 e. The highest BCUT2D eigenvalue weighted by Gasteiger charge is 2.28. The van der Waals surface area contributed by atoms with Crippen molar-refractivity contribution in [2.24, 2.45) is 0 Å². The first kappa shape index (κ1) is 15.6. The van der Waals surface area contributed by atoms with Gasteiger partial charge in [-0.25, -0.2) is 0 Å². The summed E-state index contributed by atoms with van der Waals surface area (Å²) in [5.74, 6) is 4.72. The molecule has 0 saturated carbocycles. The second-order valence-corrected chi connectivity index (χ2v) is 8.18. The van der Waals surface area contributed by atoms with Crippen LogP contribution in [0.15, 0.2) is 28.7 Å². The molecule has 0 amide bonds. The minimum atomic E-state index is 0.286. The second-order valence-electron chi connectivity index (χ2n) is 5.25. The number of benzene rings is 1. The van der Waals surface area contributed by atoms with Crippen LogP contribution in [0.4, 0.5) is 0 Å². The van der Waals surface area contributed by atoms with Crippen molar-refractivity contribution in [3.8, 4) is 0 Å². The number of furan rings is 1. The number of nitrogens with one attached hydrogen (secondary N) is 1. The lowest BCUT2D eigenvalue weighted by Crippen LogP contribution is -2.33. The Bertz CT molecular complexity index is 595. The van der Waals surface area contributed by atoms with Crippen molar-refractivity contribution in [3.63, 3.8) is 0 Å². The maximum absolute atomic E-state index is 6.09. The molecule has 1 aromatic carbocycles. The highest BCUT2D eigenvalue weighted by molar-refractivity contribution is 8.06. The normalized spacial score (nSPS) is 20.8. The molecule has 5 heteroatoms. The van der Waals surface area contributed by atoms with Gasteiger partial charge in [0.05, 0.1) is 6.04 Å². The zero-order chi connectivity index (χ0) is 14.7. The third-order valence-electron chi connectivity index (χ3n) is 3.63. The molecule has 2 unspecified atom stereocenters. The topological polar surface area (TPSA) is 25.2 Å². The van der Waals surface area contributed by atoms with Gasteiger partial charge in [0, 0.05) is 32.9 Å². The van der Waals surface area contributed by atoms with E-state index in [4.69, 9.17) is 16.0 Å². The maximum atomic E-state index is 6.09. The summed E-state index contributed by atoms with van der Waals surface area (Å²) in [6.45, 7) is 3.22. The van der Waals surface area contributed by atoms with E-state index < -0.39 is 0 Å². The molecule has 1 aliphatic rings. The van der Waals surface area contributed by atoms with Crippen LogP contribution in [0.3, 0.4) is 0 Å². The summed E-state index contributed by atoms with van der Waals surface area (Å²) in [5.41, 5.74) is 0.922. The molecule has 0 spiro atoms. The van der Waals surface area contributed by atoms with Crippen LogP contribution >= 0.6 is 35.1 Å². The number of halogens is 1. The summed E-state index contributed by atoms with van der Waals surface area (Å²) in [7, 11) is 0. The van der Waals surface area contributed by atoms with E-state index in [1.807, 2.05) is 30.0 Å². The smallest absolute Gasteiger partial charge is 0.134 e. The molecule has 3 rings (SSSR count). The summed E-state index contributed by atoms with van der Waals surface area (Å²) in [6, 6.07) is 8.25. The van der Waals surface area contributed by atoms with E-state index in [2.05, 4.69) is 30.1 Å². The summed E-state index contributed by atoms with van der Waals surface area (Å²) < 4.78 is 6.09. The number of fused-ring (bicyclic) bond motifs is 1. The van der Waals surface area contributed by atoms with E-state index in [9.17, 15) is 0 Å².